The van der Waals surface area contributed by atoms with Crippen molar-refractivity contribution < 1.29 is 14.6 Å². The van der Waals surface area contributed by atoms with Gasteiger partial charge in [0.2, 0.25) is 6.79 Å². The third kappa shape index (κ3) is 2.88. The van der Waals surface area contributed by atoms with Crippen molar-refractivity contribution in [3.8, 4) is 11.5 Å². The van der Waals surface area contributed by atoms with Crippen LogP contribution in [0, 0.1) is 5.92 Å². The molecular formula is C20H22N4O3. The largest absolute Gasteiger partial charge is 0.454 e. The van der Waals surface area contributed by atoms with Crippen LogP contribution in [-0.4, -0.2) is 32.5 Å². The highest BCUT2D eigenvalue weighted by Crippen LogP contribution is 2.37. The Morgan fingerprint density at radius 2 is 2.07 bits per heavy atom. The first-order chi connectivity index (χ1) is 13.2. The Bertz CT molecular complexity index is 977. The molecule has 2 aliphatic rings. The summed E-state index contributed by atoms with van der Waals surface area (Å²) in [6.45, 7) is 3.01. The number of nitrogens with zero attached hydrogens (tertiary/aromatic N) is 3. The van der Waals surface area contributed by atoms with Crippen molar-refractivity contribution in [2.75, 3.05) is 12.1 Å². The Morgan fingerprint density at radius 1 is 1.19 bits per heavy atom. The fraction of sp³-hybridized carbons (Fsp3) is 0.400. The van der Waals surface area contributed by atoms with Crippen molar-refractivity contribution in [3.05, 3.63) is 42.4 Å². The average Bonchev–Trinajstić information content (AvgIpc) is 3.38. The maximum atomic E-state index is 10.1. The van der Waals surface area contributed by atoms with Crippen LogP contribution in [0.15, 0.2) is 36.8 Å². The first-order valence-corrected chi connectivity index (χ1v) is 9.31. The summed E-state index contributed by atoms with van der Waals surface area (Å²) in [6, 6.07) is 8.26. The number of ether oxygens (including phenoxy) is 2. The van der Waals surface area contributed by atoms with Gasteiger partial charge in [-0.2, -0.15) is 0 Å². The Labute approximate surface area is 157 Å². The Morgan fingerprint density at radius 3 is 2.93 bits per heavy atom. The van der Waals surface area contributed by atoms with Crippen molar-refractivity contribution in [3.63, 3.8) is 0 Å². The number of nitrogens with one attached hydrogen (secondary N) is 1. The Balaban J connectivity index is 1.38. The van der Waals surface area contributed by atoms with Crippen molar-refractivity contribution in [2.45, 2.75) is 38.5 Å². The van der Waals surface area contributed by atoms with Gasteiger partial charge in [-0.25, -0.2) is 9.97 Å². The second-order valence-electron chi connectivity index (χ2n) is 7.39. The molecule has 0 amide bonds. The van der Waals surface area contributed by atoms with Crippen LogP contribution in [0.25, 0.3) is 11.0 Å². The van der Waals surface area contributed by atoms with E-state index < -0.39 is 0 Å². The summed E-state index contributed by atoms with van der Waals surface area (Å²) in [6.07, 6.45) is 5.15. The zero-order valence-electron chi connectivity index (χ0n) is 15.1. The highest BCUT2D eigenvalue weighted by atomic mass is 16.7. The van der Waals surface area contributed by atoms with E-state index in [1.165, 1.54) is 0 Å². The van der Waals surface area contributed by atoms with Crippen LogP contribution in [0.3, 0.4) is 0 Å². The van der Waals surface area contributed by atoms with E-state index in [-0.39, 0.29) is 18.9 Å². The van der Waals surface area contributed by atoms with E-state index in [9.17, 15) is 5.11 Å². The van der Waals surface area contributed by atoms with Crippen LogP contribution in [0.2, 0.25) is 0 Å². The van der Waals surface area contributed by atoms with Crippen molar-refractivity contribution in [1.29, 1.82) is 0 Å². The molecule has 5 rings (SSSR count). The van der Waals surface area contributed by atoms with Gasteiger partial charge in [-0.3, -0.25) is 0 Å². The predicted octanol–water partition coefficient (Wildman–Crippen LogP) is 3.10. The minimum absolute atomic E-state index is 0.238. The third-order valence-electron chi connectivity index (χ3n) is 5.61. The molecule has 140 valence electrons. The lowest BCUT2D eigenvalue weighted by Gasteiger charge is -2.13. The SMILES string of the molecule is C[C@H]1C[C@@H](n2ccc3c(NCc4ccc5c(c4)OCO5)ncnc32)C[C@@H]1O. The molecule has 1 aliphatic carbocycles. The summed E-state index contributed by atoms with van der Waals surface area (Å²) >= 11 is 0. The van der Waals surface area contributed by atoms with Gasteiger partial charge in [0.15, 0.2) is 11.5 Å². The Hall–Kier alpha value is -2.80. The van der Waals surface area contributed by atoms with Gasteiger partial charge in [-0.1, -0.05) is 13.0 Å². The monoisotopic (exact) mass is 366 g/mol. The van der Waals surface area contributed by atoms with Crippen LogP contribution in [0.4, 0.5) is 5.82 Å². The first-order valence-electron chi connectivity index (χ1n) is 9.31. The number of fused-ring (bicyclic) bond motifs is 2. The Kier molecular flexibility index (Phi) is 3.89. The van der Waals surface area contributed by atoms with E-state index in [0.29, 0.717) is 12.5 Å². The van der Waals surface area contributed by atoms with Crippen LogP contribution in [-0.2, 0) is 6.54 Å². The predicted molar refractivity (Wildman–Crippen MR) is 101 cm³/mol. The van der Waals surface area contributed by atoms with Crippen LogP contribution < -0.4 is 14.8 Å². The quantitative estimate of drug-likeness (QED) is 0.738. The molecule has 3 atom stereocenters. The molecule has 27 heavy (non-hydrogen) atoms. The number of aromatic nitrogens is 3. The molecule has 2 N–H and O–H groups in total. The summed E-state index contributed by atoms with van der Waals surface area (Å²) in [5, 5.41) is 14.5. The molecule has 3 aromatic rings. The van der Waals surface area contributed by atoms with Crippen LogP contribution in [0.1, 0.15) is 31.4 Å². The average molecular weight is 366 g/mol. The van der Waals surface area contributed by atoms with Crippen molar-refractivity contribution >= 4 is 16.9 Å². The molecule has 1 aliphatic heterocycles. The lowest BCUT2D eigenvalue weighted by atomic mass is 10.1. The lowest BCUT2D eigenvalue weighted by Crippen LogP contribution is -2.09. The molecule has 7 nitrogen and oxygen atoms in total. The number of hydrogen-bond donors (Lipinski definition) is 2. The fourth-order valence-electron chi connectivity index (χ4n) is 4.06. The summed E-state index contributed by atoms with van der Waals surface area (Å²) in [5.74, 6) is 2.69. The fourth-order valence-corrected chi connectivity index (χ4v) is 4.06. The van der Waals surface area contributed by atoms with E-state index in [1.54, 1.807) is 6.33 Å². The molecule has 0 spiro atoms. The second kappa shape index (κ2) is 6.42. The van der Waals surface area contributed by atoms with E-state index in [2.05, 4.69) is 33.0 Å². The van der Waals surface area contributed by atoms with E-state index >= 15 is 0 Å². The summed E-state index contributed by atoms with van der Waals surface area (Å²) in [4.78, 5) is 8.92. The maximum absolute atomic E-state index is 10.1. The van der Waals surface area contributed by atoms with Gasteiger partial charge in [0, 0.05) is 18.8 Å². The minimum atomic E-state index is -0.238. The molecule has 0 bridgehead atoms. The van der Waals surface area contributed by atoms with Gasteiger partial charge in [0.05, 0.1) is 11.5 Å². The van der Waals surface area contributed by atoms with Crippen LogP contribution >= 0.6 is 0 Å². The van der Waals surface area contributed by atoms with Gasteiger partial charge < -0.3 is 24.5 Å². The normalized spacial score (nSPS) is 23.9. The van der Waals surface area contributed by atoms with Crippen molar-refractivity contribution in [1.82, 2.24) is 14.5 Å². The first kappa shape index (κ1) is 16.4. The number of aliphatic hydroxyl groups excluding tert-OH is 1. The molecule has 1 fully saturated rings. The minimum Gasteiger partial charge on any atom is -0.454 e. The second-order valence-corrected chi connectivity index (χ2v) is 7.39. The van der Waals surface area contributed by atoms with Gasteiger partial charge in [-0.05, 0) is 42.5 Å². The third-order valence-corrected chi connectivity index (χ3v) is 5.61. The number of benzene rings is 1. The van der Waals surface area contributed by atoms with Gasteiger partial charge in [-0.15, -0.1) is 0 Å². The summed E-state index contributed by atoms with van der Waals surface area (Å²) in [5.41, 5.74) is 2.00. The standard InChI is InChI=1S/C20H22N4O3/c1-12-6-14(8-16(12)25)24-5-4-15-19(22-10-23-20(15)24)21-9-13-2-3-17-18(7-13)27-11-26-17/h2-5,7,10,12,14,16,25H,6,8-9,11H2,1H3,(H,21,22,23)/t12-,14+,16-/m0/s1. The summed E-state index contributed by atoms with van der Waals surface area (Å²) in [7, 11) is 0. The number of anilines is 1. The number of rotatable bonds is 4. The molecule has 0 saturated heterocycles. The molecule has 1 saturated carbocycles. The van der Waals surface area contributed by atoms with E-state index in [0.717, 1.165) is 46.8 Å². The van der Waals surface area contributed by atoms with Gasteiger partial charge in [0.1, 0.15) is 17.8 Å². The number of aliphatic hydroxyl groups is 1. The van der Waals surface area contributed by atoms with Crippen LogP contribution in [0.5, 0.6) is 11.5 Å². The van der Waals surface area contributed by atoms with Gasteiger partial charge in [0.25, 0.3) is 0 Å². The molecule has 7 heteroatoms. The molecule has 1 aromatic carbocycles. The van der Waals surface area contributed by atoms with Gasteiger partial charge >= 0.3 is 0 Å². The van der Waals surface area contributed by atoms with Crippen molar-refractivity contribution in [2.24, 2.45) is 5.92 Å². The molecule has 2 aromatic heterocycles. The topological polar surface area (TPSA) is 81.4 Å². The molecule has 3 heterocycles. The van der Waals surface area contributed by atoms with E-state index in [4.69, 9.17) is 9.47 Å². The zero-order valence-corrected chi connectivity index (χ0v) is 15.1. The molecule has 0 unspecified atom stereocenters. The highest BCUT2D eigenvalue weighted by Gasteiger charge is 2.31. The lowest BCUT2D eigenvalue weighted by molar-refractivity contribution is 0.139. The number of hydrogen-bond acceptors (Lipinski definition) is 6. The smallest absolute Gasteiger partial charge is 0.231 e. The molecule has 0 radical (unpaired) electrons. The highest BCUT2D eigenvalue weighted by molar-refractivity contribution is 5.87. The zero-order chi connectivity index (χ0) is 18.4. The van der Waals surface area contributed by atoms with E-state index in [1.807, 2.05) is 24.3 Å². The maximum Gasteiger partial charge on any atom is 0.231 e. The summed E-state index contributed by atoms with van der Waals surface area (Å²) < 4.78 is 13.0. The molecular weight excluding hydrogens is 344 g/mol.